The van der Waals surface area contributed by atoms with Crippen LogP contribution in [0, 0.1) is 0 Å². The van der Waals surface area contributed by atoms with Gasteiger partial charge in [-0.05, 0) is 158 Å². The molecule has 0 fully saturated rings. The summed E-state index contributed by atoms with van der Waals surface area (Å²) >= 11 is 0. The van der Waals surface area contributed by atoms with Crippen LogP contribution < -0.4 is 0 Å². The first kappa shape index (κ1) is 38.2. The van der Waals surface area contributed by atoms with Gasteiger partial charge < -0.3 is 0 Å². The predicted octanol–water partition coefficient (Wildman–Crippen LogP) is 18.0. The summed E-state index contributed by atoms with van der Waals surface area (Å²) in [4.78, 5) is 0. The molecule has 1 aliphatic rings. The Kier molecular flexibility index (Phi) is 8.76. The molecule has 0 saturated carbocycles. The molecule has 13 rings (SSSR count). The molecule has 0 heterocycles. The van der Waals surface area contributed by atoms with Gasteiger partial charge in [0.15, 0.2) is 0 Å². The van der Waals surface area contributed by atoms with Crippen LogP contribution in [-0.2, 0) is 5.41 Å². The Bertz CT molecular complexity index is 3860. The lowest BCUT2D eigenvalue weighted by atomic mass is 9.74. The summed E-state index contributed by atoms with van der Waals surface area (Å²) in [5.41, 5.74) is 18.7. The largest absolute Gasteiger partial charge is 0.0622 e. The Balaban J connectivity index is 1.05. The van der Waals surface area contributed by atoms with Crippen molar-refractivity contribution in [2.45, 2.75) is 12.3 Å². The number of hydrogen-bond acceptors (Lipinski definition) is 0. The summed E-state index contributed by atoms with van der Waals surface area (Å²) in [5, 5.41) is 10.0. The number of fused-ring (bicyclic) bond motifs is 8. The Morgan fingerprint density at radius 1 is 0.258 bits per heavy atom. The summed E-state index contributed by atoms with van der Waals surface area (Å²) in [5.74, 6) is 0. The fourth-order valence-electron chi connectivity index (χ4n) is 11.4. The van der Waals surface area contributed by atoms with Crippen LogP contribution in [0.1, 0.15) is 23.6 Å². The molecule has 0 spiro atoms. The van der Waals surface area contributed by atoms with Crippen molar-refractivity contribution in [2.75, 3.05) is 0 Å². The zero-order valence-corrected chi connectivity index (χ0v) is 36.7. The molecule has 0 aromatic heterocycles. The topological polar surface area (TPSA) is 0 Å². The normalized spacial score (nSPS) is 14.2. The van der Waals surface area contributed by atoms with Gasteiger partial charge in [-0.3, -0.25) is 0 Å². The van der Waals surface area contributed by atoms with E-state index in [0.29, 0.717) is 0 Å². The predicted molar refractivity (Wildman–Crippen MR) is 281 cm³/mol. The van der Waals surface area contributed by atoms with Crippen LogP contribution in [0.5, 0.6) is 0 Å². The lowest BCUT2D eigenvalue weighted by Gasteiger charge is -2.28. The molecular formula is C66H44. The van der Waals surface area contributed by atoms with Crippen LogP contribution in [0.25, 0.3) is 110 Å². The molecule has 0 bridgehead atoms. The highest BCUT2D eigenvalue weighted by Gasteiger charge is 2.40. The Labute approximate surface area is 385 Å². The molecule has 0 heteroatoms. The molecule has 66 heavy (non-hydrogen) atoms. The highest BCUT2D eigenvalue weighted by molar-refractivity contribution is 6.29. The van der Waals surface area contributed by atoms with E-state index in [2.05, 4.69) is 256 Å². The molecule has 0 saturated heterocycles. The van der Waals surface area contributed by atoms with Crippen molar-refractivity contribution in [3.63, 3.8) is 0 Å². The lowest BCUT2D eigenvalue weighted by molar-refractivity contribution is 0.715. The van der Waals surface area contributed by atoms with Crippen molar-refractivity contribution in [2.24, 2.45) is 0 Å². The highest BCUT2D eigenvalue weighted by atomic mass is 14.4. The molecule has 308 valence electrons. The first-order valence-corrected chi connectivity index (χ1v) is 23.1. The van der Waals surface area contributed by atoms with Gasteiger partial charge in [-0.25, -0.2) is 0 Å². The Hall–Kier alpha value is -8.32. The quantitative estimate of drug-likeness (QED) is 0.116. The van der Waals surface area contributed by atoms with Crippen LogP contribution in [0.15, 0.2) is 249 Å². The first-order chi connectivity index (χ1) is 32.6. The van der Waals surface area contributed by atoms with E-state index in [1.165, 1.54) is 127 Å². The van der Waals surface area contributed by atoms with Gasteiger partial charge in [-0.1, -0.05) is 224 Å². The van der Waals surface area contributed by atoms with Crippen LogP contribution in [0.4, 0.5) is 0 Å². The summed E-state index contributed by atoms with van der Waals surface area (Å²) < 4.78 is 0. The summed E-state index contributed by atoms with van der Waals surface area (Å²) in [7, 11) is 0. The van der Waals surface area contributed by atoms with Crippen molar-refractivity contribution in [3.8, 4) is 66.8 Å². The summed E-state index contributed by atoms with van der Waals surface area (Å²) in [6, 6.07) is 92.5. The third kappa shape index (κ3) is 5.85. The van der Waals surface area contributed by atoms with Crippen molar-refractivity contribution < 1.29 is 0 Å². The lowest BCUT2D eigenvalue weighted by Crippen LogP contribution is -2.22. The first-order valence-electron chi connectivity index (χ1n) is 23.1. The van der Waals surface area contributed by atoms with E-state index in [1.807, 2.05) is 0 Å². The van der Waals surface area contributed by atoms with Crippen LogP contribution in [0.2, 0.25) is 0 Å². The van der Waals surface area contributed by atoms with E-state index in [9.17, 15) is 0 Å². The Morgan fingerprint density at radius 3 is 1.56 bits per heavy atom. The van der Waals surface area contributed by atoms with Crippen LogP contribution >= 0.6 is 0 Å². The molecule has 0 nitrogen and oxygen atoms in total. The molecular weight excluding hydrogens is 793 g/mol. The van der Waals surface area contributed by atoms with E-state index in [4.69, 9.17) is 0 Å². The summed E-state index contributed by atoms with van der Waals surface area (Å²) in [6.07, 6.45) is 0. The molecule has 12 aromatic carbocycles. The van der Waals surface area contributed by atoms with Gasteiger partial charge in [0.1, 0.15) is 0 Å². The second kappa shape index (κ2) is 15.2. The van der Waals surface area contributed by atoms with E-state index in [-0.39, 0.29) is 5.41 Å². The minimum Gasteiger partial charge on any atom is -0.0622 e. The van der Waals surface area contributed by atoms with Crippen molar-refractivity contribution in [1.29, 1.82) is 0 Å². The smallest absolute Gasteiger partial charge is 0.0435 e. The third-order valence-electron chi connectivity index (χ3n) is 14.5. The van der Waals surface area contributed by atoms with Gasteiger partial charge in [0.2, 0.25) is 0 Å². The maximum atomic E-state index is 2.47. The van der Waals surface area contributed by atoms with Crippen LogP contribution in [-0.4, -0.2) is 0 Å². The van der Waals surface area contributed by atoms with E-state index >= 15 is 0 Å². The van der Waals surface area contributed by atoms with E-state index in [0.717, 1.165) is 0 Å². The maximum absolute atomic E-state index is 2.47. The fraction of sp³-hybridized carbons (Fsp3) is 0.0303. The summed E-state index contributed by atoms with van der Waals surface area (Å²) in [6.45, 7) is 2.40. The minimum absolute atomic E-state index is 0.254. The number of rotatable bonds is 6. The Morgan fingerprint density at radius 2 is 0.803 bits per heavy atom. The zero-order chi connectivity index (χ0) is 43.8. The minimum atomic E-state index is -0.254. The average molecular weight is 837 g/mol. The maximum Gasteiger partial charge on any atom is 0.0435 e. The van der Waals surface area contributed by atoms with Gasteiger partial charge in [0, 0.05) is 5.41 Å². The molecule has 0 N–H and O–H groups in total. The van der Waals surface area contributed by atoms with Gasteiger partial charge in [0.25, 0.3) is 0 Å². The second-order valence-corrected chi connectivity index (χ2v) is 18.0. The van der Waals surface area contributed by atoms with E-state index < -0.39 is 0 Å². The molecule has 1 unspecified atom stereocenters. The SMILES string of the molecule is CC1(c2ccccc2)c2ccccc2-c2cc3ccc(-c4ccc(-c5c6ccccc6c(-c6ccccc6-c6ccccc6)c6c5ccc5ccccc56)c(-c5ccccc5)c4)cc3cc21. The molecule has 0 amide bonds. The average Bonchev–Trinajstić information content (AvgIpc) is 3.64. The molecule has 1 aliphatic carbocycles. The molecule has 12 aromatic rings. The molecule has 0 aliphatic heterocycles. The monoisotopic (exact) mass is 836 g/mol. The third-order valence-corrected chi connectivity index (χ3v) is 14.5. The van der Waals surface area contributed by atoms with Crippen molar-refractivity contribution in [1.82, 2.24) is 0 Å². The standard InChI is InChI=1S/C66H44/c1-66(50-24-9-4-10-25-50)61-32-18-17-28-53(61)60-41-48-34-33-46(39-49(48)42-62(60)66)47-36-37-57(59(40-47)44-21-7-3-8-22-44)63-55-30-15-16-31-56(55)65(64-52-27-12-11-23-45(52)35-38-58(63)64)54-29-14-13-26-51(54)43-19-5-2-6-20-43/h2-42H,1H3. The molecule has 0 radical (unpaired) electrons. The molecule has 1 atom stereocenters. The van der Waals surface area contributed by atoms with Gasteiger partial charge in [0.05, 0.1) is 0 Å². The van der Waals surface area contributed by atoms with E-state index in [1.54, 1.807) is 0 Å². The number of benzene rings is 12. The van der Waals surface area contributed by atoms with Gasteiger partial charge in [-0.2, -0.15) is 0 Å². The number of hydrogen-bond donors (Lipinski definition) is 0. The van der Waals surface area contributed by atoms with Crippen molar-refractivity contribution >= 4 is 43.1 Å². The fourth-order valence-corrected chi connectivity index (χ4v) is 11.4. The van der Waals surface area contributed by atoms with Crippen molar-refractivity contribution in [3.05, 3.63) is 265 Å². The highest BCUT2D eigenvalue weighted by Crippen LogP contribution is 2.54. The van der Waals surface area contributed by atoms with Gasteiger partial charge >= 0.3 is 0 Å². The second-order valence-electron chi connectivity index (χ2n) is 18.0. The van der Waals surface area contributed by atoms with Gasteiger partial charge in [-0.15, -0.1) is 0 Å². The van der Waals surface area contributed by atoms with Crippen LogP contribution in [0.3, 0.4) is 0 Å². The zero-order valence-electron chi connectivity index (χ0n) is 36.7.